The Balaban J connectivity index is 2.63. The average molecular weight is 278 g/mol. The lowest BCUT2D eigenvalue weighted by molar-refractivity contribution is -0.129. The van der Waals surface area contributed by atoms with Gasteiger partial charge in [0.1, 0.15) is 11.9 Å². The summed E-state index contributed by atoms with van der Waals surface area (Å²) in [6, 6.07) is 3.02. The van der Waals surface area contributed by atoms with Crippen molar-refractivity contribution in [3.05, 3.63) is 23.9 Å². The van der Waals surface area contributed by atoms with E-state index in [0.717, 1.165) is 6.42 Å². The summed E-state index contributed by atoms with van der Waals surface area (Å²) in [6.07, 6.45) is 2.39. The molecule has 20 heavy (non-hydrogen) atoms. The summed E-state index contributed by atoms with van der Waals surface area (Å²) in [5.41, 5.74) is 0.510. The van der Waals surface area contributed by atoms with Crippen LogP contribution in [0, 0.1) is 0 Å². The highest BCUT2D eigenvalue weighted by molar-refractivity contribution is 5.94. The first-order valence-corrected chi connectivity index (χ1v) is 6.67. The van der Waals surface area contributed by atoms with Crippen LogP contribution < -0.4 is 10.6 Å². The van der Waals surface area contributed by atoms with Gasteiger partial charge in [-0.3, -0.25) is 9.59 Å². The second-order valence-electron chi connectivity index (χ2n) is 4.79. The molecule has 0 saturated carbocycles. The molecule has 2 amide bonds. The lowest BCUT2D eigenvalue weighted by Gasteiger charge is -2.18. The Morgan fingerprint density at radius 2 is 2.05 bits per heavy atom. The third-order valence-electron chi connectivity index (χ3n) is 2.74. The molecule has 0 fully saturated rings. The van der Waals surface area contributed by atoms with Crippen LogP contribution >= 0.6 is 0 Å². The number of carbonyl (C=O) groups excluding carboxylic acids is 2. The van der Waals surface area contributed by atoms with E-state index in [-0.39, 0.29) is 17.9 Å². The summed E-state index contributed by atoms with van der Waals surface area (Å²) in [6.45, 7) is 4.41. The van der Waals surface area contributed by atoms with Crippen LogP contribution in [0.3, 0.4) is 0 Å². The number of hydrogen-bond acceptors (Lipinski definition) is 4. The highest BCUT2D eigenvalue weighted by Gasteiger charge is 2.15. The van der Waals surface area contributed by atoms with Gasteiger partial charge in [-0.25, -0.2) is 4.98 Å². The van der Waals surface area contributed by atoms with Crippen molar-refractivity contribution in [2.24, 2.45) is 0 Å². The number of hydrogen-bond donors (Lipinski definition) is 2. The van der Waals surface area contributed by atoms with Crippen molar-refractivity contribution in [2.45, 2.75) is 26.3 Å². The van der Waals surface area contributed by atoms with E-state index in [9.17, 15) is 9.59 Å². The van der Waals surface area contributed by atoms with Crippen molar-refractivity contribution in [1.82, 2.24) is 15.2 Å². The molecule has 1 rings (SSSR count). The van der Waals surface area contributed by atoms with Crippen molar-refractivity contribution in [3.8, 4) is 0 Å². The Morgan fingerprint density at radius 3 is 2.55 bits per heavy atom. The van der Waals surface area contributed by atoms with Crippen molar-refractivity contribution in [1.29, 1.82) is 0 Å². The normalized spacial score (nSPS) is 11.6. The number of nitrogens with zero attached hydrogens (tertiary/aromatic N) is 2. The first-order valence-electron chi connectivity index (χ1n) is 6.67. The standard InChI is InChI=1S/C14H22N4O2/c1-5-8-15-13(19)11-6-7-12(16-9-11)17-10(2)14(20)18(3)4/h6-7,9-10H,5,8H2,1-4H3,(H,15,19)(H,16,17)/t10-/m0/s1. The molecular formula is C14H22N4O2. The summed E-state index contributed by atoms with van der Waals surface area (Å²) < 4.78 is 0. The largest absolute Gasteiger partial charge is 0.359 e. The van der Waals surface area contributed by atoms with E-state index in [0.29, 0.717) is 17.9 Å². The molecule has 0 aliphatic heterocycles. The highest BCUT2D eigenvalue weighted by Crippen LogP contribution is 2.07. The van der Waals surface area contributed by atoms with E-state index in [4.69, 9.17) is 0 Å². The van der Waals surface area contributed by atoms with E-state index in [1.165, 1.54) is 11.1 Å². The molecular weight excluding hydrogens is 256 g/mol. The Bertz CT molecular complexity index is 457. The van der Waals surface area contributed by atoms with Gasteiger partial charge in [0.2, 0.25) is 5.91 Å². The van der Waals surface area contributed by atoms with E-state index < -0.39 is 0 Å². The van der Waals surface area contributed by atoms with Gasteiger partial charge in [0.25, 0.3) is 5.91 Å². The summed E-state index contributed by atoms with van der Waals surface area (Å²) in [5, 5.41) is 5.78. The van der Waals surface area contributed by atoms with Gasteiger partial charge in [-0.15, -0.1) is 0 Å². The quantitative estimate of drug-likeness (QED) is 0.817. The number of anilines is 1. The Kier molecular flexibility index (Phi) is 5.96. The summed E-state index contributed by atoms with van der Waals surface area (Å²) >= 11 is 0. The van der Waals surface area contributed by atoms with E-state index in [1.54, 1.807) is 33.2 Å². The van der Waals surface area contributed by atoms with E-state index >= 15 is 0 Å². The van der Waals surface area contributed by atoms with Gasteiger partial charge >= 0.3 is 0 Å². The third-order valence-corrected chi connectivity index (χ3v) is 2.74. The van der Waals surface area contributed by atoms with Gasteiger partial charge < -0.3 is 15.5 Å². The van der Waals surface area contributed by atoms with Gasteiger partial charge in [0.15, 0.2) is 0 Å². The molecule has 1 aromatic heterocycles. The summed E-state index contributed by atoms with van der Waals surface area (Å²) in [7, 11) is 3.41. The maximum Gasteiger partial charge on any atom is 0.252 e. The SMILES string of the molecule is CCCNC(=O)c1ccc(N[C@@H](C)C(=O)N(C)C)nc1. The molecule has 0 aromatic carbocycles. The minimum Gasteiger partial charge on any atom is -0.359 e. The molecule has 0 aliphatic rings. The number of carbonyl (C=O) groups is 2. The van der Waals surface area contributed by atoms with E-state index in [2.05, 4.69) is 15.6 Å². The number of likely N-dealkylation sites (N-methyl/N-ethyl adjacent to an activating group) is 1. The van der Waals surface area contributed by atoms with Crippen molar-refractivity contribution < 1.29 is 9.59 Å². The van der Waals surface area contributed by atoms with Crippen molar-refractivity contribution in [3.63, 3.8) is 0 Å². The maximum atomic E-state index is 11.7. The van der Waals surface area contributed by atoms with E-state index in [1.807, 2.05) is 6.92 Å². The van der Waals surface area contributed by atoms with Crippen LogP contribution in [0.4, 0.5) is 5.82 Å². The van der Waals surface area contributed by atoms with Gasteiger partial charge in [-0.05, 0) is 25.5 Å². The molecule has 1 atom stereocenters. The zero-order valence-corrected chi connectivity index (χ0v) is 12.4. The predicted molar refractivity (Wildman–Crippen MR) is 78.6 cm³/mol. The molecule has 6 nitrogen and oxygen atoms in total. The topological polar surface area (TPSA) is 74.3 Å². The van der Waals surface area contributed by atoms with Crippen LogP contribution in [0.15, 0.2) is 18.3 Å². The summed E-state index contributed by atoms with van der Waals surface area (Å²) in [4.78, 5) is 29.1. The maximum absolute atomic E-state index is 11.7. The molecule has 0 bridgehead atoms. The minimum absolute atomic E-state index is 0.0310. The Labute approximate surface area is 119 Å². The smallest absolute Gasteiger partial charge is 0.252 e. The summed E-state index contributed by atoms with van der Waals surface area (Å²) in [5.74, 6) is 0.402. The molecule has 0 radical (unpaired) electrons. The molecule has 1 heterocycles. The molecule has 0 spiro atoms. The number of aromatic nitrogens is 1. The first-order chi connectivity index (χ1) is 9.45. The van der Waals surface area contributed by atoms with Crippen LogP contribution in [0.2, 0.25) is 0 Å². The second-order valence-corrected chi connectivity index (χ2v) is 4.79. The molecule has 0 aliphatic carbocycles. The highest BCUT2D eigenvalue weighted by atomic mass is 16.2. The number of nitrogens with one attached hydrogen (secondary N) is 2. The molecule has 6 heteroatoms. The molecule has 2 N–H and O–H groups in total. The zero-order valence-electron chi connectivity index (χ0n) is 12.4. The molecule has 1 aromatic rings. The Hall–Kier alpha value is -2.11. The third kappa shape index (κ3) is 4.53. The molecule has 0 unspecified atom stereocenters. The zero-order chi connectivity index (χ0) is 15.1. The predicted octanol–water partition coefficient (Wildman–Crippen LogP) is 1.11. The van der Waals surface area contributed by atoms with Crippen molar-refractivity contribution in [2.75, 3.05) is 26.0 Å². The average Bonchev–Trinajstić information content (AvgIpc) is 2.44. The number of pyridine rings is 1. The fraction of sp³-hybridized carbons (Fsp3) is 0.500. The number of amides is 2. The van der Waals surface area contributed by atoms with Crippen molar-refractivity contribution >= 4 is 17.6 Å². The van der Waals surface area contributed by atoms with Crippen LogP contribution in [0.25, 0.3) is 0 Å². The van der Waals surface area contributed by atoms with Gasteiger partial charge in [-0.2, -0.15) is 0 Å². The lowest BCUT2D eigenvalue weighted by Crippen LogP contribution is -2.36. The first kappa shape index (κ1) is 15.9. The fourth-order valence-electron chi connectivity index (χ4n) is 1.63. The van der Waals surface area contributed by atoms with Gasteiger partial charge in [-0.1, -0.05) is 6.92 Å². The van der Waals surface area contributed by atoms with Gasteiger partial charge in [0.05, 0.1) is 5.56 Å². The Morgan fingerprint density at radius 1 is 1.35 bits per heavy atom. The minimum atomic E-state index is -0.364. The van der Waals surface area contributed by atoms with Crippen LogP contribution in [-0.4, -0.2) is 48.4 Å². The monoisotopic (exact) mass is 278 g/mol. The second kappa shape index (κ2) is 7.47. The fourth-order valence-corrected chi connectivity index (χ4v) is 1.63. The van der Waals surface area contributed by atoms with Gasteiger partial charge in [0, 0.05) is 26.8 Å². The van der Waals surface area contributed by atoms with Crippen LogP contribution in [0.5, 0.6) is 0 Å². The van der Waals surface area contributed by atoms with Crippen LogP contribution in [0.1, 0.15) is 30.6 Å². The lowest BCUT2D eigenvalue weighted by atomic mass is 10.2. The number of rotatable bonds is 6. The molecule has 0 saturated heterocycles. The molecule has 110 valence electrons. The van der Waals surface area contributed by atoms with Crippen LogP contribution in [-0.2, 0) is 4.79 Å².